The molecule has 0 aromatic carbocycles. The highest BCUT2D eigenvalue weighted by atomic mass is 16.3. The van der Waals surface area contributed by atoms with E-state index in [-0.39, 0.29) is 12.5 Å². The summed E-state index contributed by atoms with van der Waals surface area (Å²) >= 11 is 0. The maximum atomic E-state index is 11.7. The first-order chi connectivity index (χ1) is 10.3. The summed E-state index contributed by atoms with van der Waals surface area (Å²) in [6.07, 6.45) is 14.9. The highest BCUT2D eigenvalue weighted by molar-refractivity contribution is 5.77. The third-order valence-corrected chi connectivity index (χ3v) is 4.05. The lowest BCUT2D eigenvalue weighted by Crippen LogP contribution is -2.35. The molecule has 0 aromatic heterocycles. The number of aliphatic hydroxyl groups is 1. The highest BCUT2D eigenvalue weighted by Gasteiger charge is 2.11. The van der Waals surface area contributed by atoms with Gasteiger partial charge in [-0.1, -0.05) is 78.1 Å². The van der Waals surface area contributed by atoms with Crippen LogP contribution in [-0.4, -0.2) is 35.6 Å². The number of carbonyl (C=O) groups is 1. The second kappa shape index (κ2) is 15.8. The monoisotopic (exact) mass is 299 g/mol. The summed E-state index contributed by atoms with van der Waals surface area (Å²) in [6, 6.07) is 0. The van der Waals surface area contributed by atoms with Gasteiger partial charge in [-0.15, -0.1) is 0 Å². The normalized spacial score (nSPS) is 10.8. The molecule has 0 fully saturated rings. The van der Waals surface area contributed by atoms with Crippen molar-refractivity contribution in [2.75, 3.05) is 19.7 Å². The molecule has 0 heterocycles. The molecule has 0 aromatic rings. The Kier molecular flexibility index (Phi) is 15.4. The molecule has 0 rings (SSSR count). The van der Waals surface area contributed by atoms with Gasteiger partial charge in [-0.3, -0.25) is 4.79 Å². The molecule has 0 bridgehead atoms. The highest BCUT2D eigenvalue weighted by Crippen LogP contribution is 2.09. The predicted octanol–water partition coefficient (Wildman–Crippen LogP) is 4.53. The van der Waals surface area contributed by atoms with Crippen LogP contribution in [0.25, 0.3) is 0 Å². The molecule has 0 aliphatic rings. The number of aliphatic hydroxyl groups excluding tert-OH is 1. The summed E-state index contributed by atoms with van der Waals surface area (Å²) in [6.45, 7) is 5.75. The second-order valence-corrected chi connectivity index (χ2v) is 6.07. The Bertz CT molecular complexity index is 215. The summed E-state index contributed by atoms with van der Waals surface area (Å²) in [5.74, 6) is -0.0999. The lowest BCUT2D eigenvalue weighted by molar-refractivity contribution is -0.134. The maximum Gasteiger partial charge on any atom is 0.248 e. The van der Waals surface area contributed by atoms with Crippen molar-refractivity contribution in [3.63, 3.8) is 0 Å². The SMILES string of the molecule is CCCCCCCCN(CCCCCCCC)C(=O)CO. The minimum atomic E-state index is -0.342. The fourth-order valence-electron chi connectivity index (χ4n) is 2.63. The van der Waals surface area contributed by atoms with E-state index in [9.17, 15) is 4.79 Å². The molecular formula is C18H37NO2. The maximum absolute atomic E-state index is 11.7. The smallest absolute Gasteiger partial charge is 0.248 e. The molecular weight excluding hydrogens is 262 g/mol. The van der Waals surface area contributed by atoms with Crippen LogP contribution >= 0.6 is 0 Å². The van der Waals surface area contributed by atoms with E-state index in [1.807, 2.05) is 4.90 Å². The Morgan fingerprint density at radius 2 is 1.10 bits per heavy atom. The van der Waals surface area contributed by atoms with Gasteiger partial charge in [-0.2, -0.15) is 0 Å². The van der Waals surface area contributed by atoms with Crippen molar-refractivity contribution in [3.8, 4) is 0 Å². The van der Waals surface area contributed by atoms with Crippen LogP contribution < -0.4 is 0 Å². The first-order valence-electron chi connectivity index (χ1n) is 9.14. The summed E-state index contributed by atoms with van der Waals surface area (Å²) in [7, 11) is 0. The van der Waals surface area contributed by atoms with E-state index in [2.05, 4.69) is 13.8 Å². The van der Waals surface area contributed by atoms with Gasteiger partial charge in [-0.25, -0.2) is 0 Å². The number of carbonyl (C=O) groups excluding carboxylic acids is 1. The average molecular weight is 299 g/mol. The fraction of sp³-hybridized carbons (Fsp3) is 0.944. The topological polar surface area (TPSA) is 40.5 Å². The van der Waals surface area contributed by atoms with Crippen molar-refractivity contribution in [3.05, 3.63) is 0 Å². The van der Waals surface area contributed by atoms with Gasteiger partial charge < -0.3 is 10.0 Å². The summed E-state index contributed by atoms with van der Waals surface area (Å²) in [5, 5.41) is 9.06. The van der Waals surface area contributed by atoms with Crippen LogP contribution in [0, 0.1) is 0 Å². The van der Waals surface area contributed by atoms with E-state index in [0.29, 0.717) is 0 Å². The van der Waals surface area contributed by atoms with Gasteiger partial charge >= 0.3 is 0 Å². The Balaban J connectivity index is 3.70. The third kappa shape index (κ3) is 12.9. The van der Waals surface area contributed by atoms with Gasteiger partial charge in [0, 0.05) is 13.1 Å². The first-order valence-corrected chi connectivity index (χ1v) is 9.14. The molecule has 0 spiro atoms. The summed E-state index contributed by atoms with van der Waals surface area (Å²) < 4.78 is 0. The number of rotatable bonds is 15. The predicted molar refractivity (Wildman–Crippen MR) is 90.4 cm³/mol. The van der Waals surface area contributed by atoms with E-state index in [1.165, 1.54) is 64.2 Å². The lowest BCUT2D eigenvalue weighted by Gasteiger charge is -2.21. The average Bonchev–Trinajstić information content (AvgIpc) is 2.51. The van der Waals surface area contributed by atoms with Gasteiger partial charge in [0.05, 0.1) is 0 Å². The fourth-order valence-corrected chi connectivity index (χ4v) is 2.63. The van der Waals surface area contributed by atoms with Crippen LogP contribution in [0.2, 0.25) is 0 Å². The van der Waals surface area contributed by atoms with E-state index >= 15 is 0 Å². The van der Waals surface area contributed by atoms with Crippen molar-refractivity contribution in [2.45, 2.75) is 90.9 Å². The Morgan fingerprint density at radius 3 is 1.48 bits per heavy atom. The van der Waals surface area contributed by atoms with E-state index < -0.39 is 0 Å². The lowest BCUT2D eigenvalue weighted by atomic mass is 10.1. The molecule has 0 atom stereocenters. The van der Waals surface area contributed by atoms with E-state index in [1.54, 1.807) is 0 Å². The molecule has 0 radical (unpaired) electrons. The van der Waals surface area contributed by atoms with Crippen LogP contribution in [-0.2, 0) is 4.79 Å². The number of nitrogens with zero attached hydrogens (tertiary/aromatic N) is 1. The molecule has 1 N–H and O–H groups in total. The minimum absolute atomic E-state index is 0.0999. The summed E-state index contributed by atoms with van der Waals surface area (Å²) in [4.78, 5) is 13.6. The molecule has 0 aliphatic heterocycles. The molecule has 126 valence electrons. The number of hydrogen-bond acceptors (Lipinski definition) is 2. The molecule has 0 saturated heterocycles. The zero-order chi connectivity index (χ0) is 15.8. The standard InChI is InChI=1S/C18H37NO2/c1-3-5-7-9-11-13-15-19(18(21)17-20)16-14-12-10-8-6-4-2/h20H,3-17H2,1-2H3. The Labute approximate surface area is 132 Å². The van der Waals surface area contributed by atoms with Crippen molar-refractivity contribution in [1.82, 2.24) is 4.90 Å². The van der Waals surface area contributed by atoms with Gasteiger partial charge in [0.2, 0.25) is 5.91 Å². The van der Waals surface area contributed by atoms with Crippen LogP contribution in [0.1, 0.15) is 90.9 Å². The van der Waals surface area contributed by atoms with Gasteiger partial charge in [0.25, 0.3) is 0 Å². The summed E-state index contributed by atoms with van der Waals surface area (Å²) in [5.41, 5.74) is 0. The van der Waals surface area contributed by atoms with Crippen molar-refractivity contribution in [2.24, 2.45) is 0 Å². The first kappa shape index (κ1) is 20.4. The zero-order valence-corrected chi connectivity index (χ0v) is 14.4. The van der Waals surface area contributed by atoms with Crippen LogP contribution in [0.5, 0.6) is 0 Å². The zero-order valence-electron chi connectivity index (χ0n) is 14.4. The molecule has 3 heteroatoms. The van der Waals surface area contributed by atoms with Gasteiger partial charge in [-0.05, 0) is 12.8 Å². The second-order valence-electron chi connectivity index (χ2n) is 6.07. The van der Waals surface area contributed by atoms with Crippen molar-refractivity contribution >= 4 is 5.91 Å². The van der Waals surface area contributed by atoms with Gasteiger partial charge in [0.15, 0.2) is 0 Å². The molecule has 0 unspecified atom stereocenters. The van der Waals surface area contributed by atoms with E-state index in [0.717, 1.165) is 25.9 Å². The number of hydrogen-bond donors (Lipinski definition) is 1. The van der Waals surface area contributed by atoms with Crippen LogP contribution in [0.4, 0.5) is 0 Å². The largest absolute Gasteiger partial charge is 0.387 e. The molecule has 21 heavy (non-hydrogen) atoms. The quantitative estimate of drug-likeness (QED) is 0.451. The van der Waals surface area contributed by atoms with Crippen molar-refractivity contribution in [1.29, 1.82) is 0 Å². The van der Waals surface area contributed by atoms with Crippen molar-refractivity contribution < 1.29 is 9.90 Å². The Hall–Kier alpha value is -0.570. The number of amides is 1. The number of unbranched alkanes of at least 4 members (excludes halogenated alkanes) is 10. The van der Waals surface area contributed by atoms with Crippen LogP contribution in [0.15, 0.2) is 0 Å². The molecule has 0 aliphatic carbocycles. The molecule has 3 nitrogen and oxygen atoms in total. The van der Waals surface area contributed by atoms with Gasteiger partial charge in [0.1, 0.15) is 6.61 Å². The van der Waals surface area contributed by atoms with Crippen LogP contribution in [0.3, 0.4) is 0 Å². The molecule has 1 amide bonds. The minimum Gasteiger partial charge on any atom is -0.387 e. The van der Waals surface area contributed by atoms with E-state index in [4.69, 9.17) is 5.11 Å². The third-order valence-electron chi connectivity index (χ3n) is 4.05. The molecule has 0 saturated carbocycles. The Morgan fingerprint density at radius 1 is 0.714 bits per heavy atom.